The monoisotopic (exact) mass is 283 g/mol. The van der Waals surface area contributed by atoms with E-state index in [1.165, 1.54) is 30.2 Å². The Kier molecular flexibility index (Phi) is 6.11. The summed E-state index contributed by atoms with van der Waals surface area (Å²) in [5.41, 5.74) is 0.176. The predicted molar refractivity (Wildman–Crippen MR) is 70.6 cm³/mol. The summed E-state index contributed by atoms with van der Waals surface area (Å²) in [7, 11) is 1.27. The van der Waals surface area contributed by atoms with Crippen LogP contribution in [-0.4, -0.2) is 48.7 Å². The van der Waals surface area contributed by atoms with Crippen LogP contribution in [0.25, 0.3) is 0 Å². The molecule has 110 valence electrons. The van der Waals surface area contributed by atoms with Crippen LogP contribution in [-0.2, 0) is 9.53 Å². The Hall–Kier alpha value is -1.95. The first-order chi connectivity index (χ1) is 9.49. The number of carbonyl (C=O) groups excluding carboxylic acids is 2. The van der Waals surface area contributed by atoms with Crippen molar-refractivity contribution in [2.45, 2.75) is 6.92 Å². The zero-order valence-electron chi connectivity index (χ0n) is 11.5. The molecule has 0 aromatic heterocycles. The molecule has 1 aromatic carbocycles. The van der Waals surface area contributed by atoms with Gasteiger partial charge in [0.2, 0.25) is 0 Å². The highest BCUT2D eigenvalue weighted by Gasteiger charge is 2.22. The normalized spacial score (nSPS) is 11.8. The van der Waals surface area contributed by atoms with Crippen molar-refractivity contribution in [3.05, 3.63) is 35.6 Å². The summed E-state index contributed by atoms with van der Waals surface area (Å²) in [6.45, 7) is 1.54. The summed E-state index contributed by atoms with van der Waals surface area (Å²) in [6, 6.07) is 5.28. The highest BCUT2D eigenvalue weighted by Crippen LogP contribution is 2.10. The Balaban J connectivity index is 2.84. The van der Waals surface area contributed by atoms with E-state index in [9.17, 15) is 14.0 Å². The molecular formula is C14H18FNO4. The third kappa shape index (κ3) is 4.31. The minimum atomic E-state index is -0.524. The van der Waals surface area contributed by atoms with Crippen molar-refractivity contribution in [1.29, 1.82) is 0 Å². The molecule has 0 fully saturated rings. The number of carbonyl (C=O) groups is 2. The lowest BCUT2D eigenvalue weighted by Crippen LogP contribution is -2.39. The number of nitrogens with zero attached hydrogens (tertiary/aromatic N) is 1. The SMILES string of the molecule is COC(=O)C(C)CN(CCO)C(=O)c1cccc(F)c1. The molecule has 1 amide bonds. The lowest BCUT2D eigenvalue weighted by atomic mass is 10.1. The lowest BCUT2D eigenvalue weighted by molar-refractivity contribution is -0.145. The van der Waals surface area contributed by atoms with Crippen LogP contribution in [0.5, 0.6) is 0 Å². The van der Waals surface area contributed by atoms with Gasteiger partial charge in [-0.3, -0.25) is 9.59 Å². The second-order valence-corrected chi connectivity index (χ2v) is 4.41. The molecule has 0 aliphatic rings. The molecule has 1 aromatic rings. The largest absolute Gasteiger partial charge is 0.469 e. The Labute approximate surface area is 117 Å². The van der Waals surface area contributed by atoms with E-state index < -0.39 is 23.6 Å². The molecule has 0 bridgehead atoms. The average Bonchev–Trinajstić information content (AvgIpc) is 2.45. The summed E-state index contributed by atoms with van der Waals surface area (Å²) in [5.74, 6) is -1.92. The molecule has 1 unspecified atom stereocenters. The summed E-state index contributed by atoms with van der Waals surface area (Å²) >= 11 is 0. The number of benzene rings is 1. The second kappa shape index (κ2) is 7.59. The highest BCUT2D eigenvalue weighted by atomic mass is 19.1. The Morgan fingerprint density at radius 2 is 2.15 bits per heavy atom. The maximum Gasteiger partial charge on any atom is 0.310 e. The molecule has 0 aliphatic carbocycles. The van der Waals surface area contributed by atoms with Crippen LogP contribution in [0, 0.1) is 11.7 Å². The molecule has 1 atom stereocenters. The first-order valence-electron chi connectivity index (χ1n) is 6.23. The number of hydrogen-bond acceptors (Lipinski definition) is 4. The smallest absolute Gasteiger partial charge is 0.310 e. The maximum absolute atomic E-state index is 13.1. The average molecular weight is 283 g/mol. The van der Waals surface area contributed by atoms with Gasteiger partial charge in [0.25, 0.3) is 5.91 Å². The molecule has 1 rings (SSSR count). The molecule has 5 nitrogen and oxygen atoms in total. The molecule has 0 aliphatic heterocycles. The lowest BCUT2D eigenvalue weighted by Gasteiger charge is -2.24. The van der Waals surface area contributed by atoms with Crippen LogP contribution in [0.1, 0.15) is 17.3 Å². The van der Waals surface area contributed by atoms with Crippen LogP contribution in [0.15, 0.2) is 24.3 Å². The first kappa shape index (κ1) is 16.1. The van der Waals surface area contributed by atoms with Gasteiger partial charge in [0.05, 0.1) is 19.6 Å². The van der Waals surface area contributed by atoms with Gasteiger partial charge in [0.15, 0.2) is 0 Å². The molecule has 0 saturated heterocycles. The predicted octanol–water partition coefficient (Wildman–Crippen LogP) is 1.07. The van der Waals surface area contributed by atoms with Crippen LogP contribution in [0.3, 0.4) is 0 Å². The van der Waals surface area contributed by atoms with E-state index in [0.717, 1.165) is 6.07 Å². The Morgan fingerprint density at radius 3 is 2.70 bits per heavy atom. The highest BCUT2D eigenvalue weighted by molar-refractivity contribution is 5.94. The van der Waals surface area contributed by atoms with E-state index in [-0.39, 0.29) is 25.3 Å². The maximum atomic E-state index is 13.1. The Bertz CT molecular complexity index is 478. The van der Waals surface area contributed by atoms with Gasteiger partial charge < -0.3 is 14.7 Å². The van der Waals surface area contributed by atoms with Gasteiger partial charge in [-0.05, 0) is 18.2 Å². The second-order valence-electron chi connectivity index (χ2n) is 4.41. The van der Waals surface area contributed by atoms with Gasteiger partial charge in [0, 0.05) is 18.7 Å². The van der Waals surface area contributed by atoms with Crippen molar-refractivity contribution < 1.29 is 23.8 Å². The van der Waals surface area contributed by atoms with Gasteiger partial charge in [-0.1, -0.05) is 13.0 Å². The van der Waals surface area contributed by atoms with E-state index in [1.54, 1.807) is 6.92 Å². The molecule has 20 heavy (non-hydrogen) atoms. The van der Waals surface area contributed by atoms with E-state index >= 15 is 0 Å². The third-order valence-electron chi connectivity index (χ3n) is 2.83. The van der Waals surface area contributed by atoms with Crippen molar-refractivity contribution >= 4 is 11.9 Å². The minimum Gasteiger partial charge on any atom is -0.469 e. The summed E-state index contributed by atoms with van der Waals surface area (Å²) in [6.07, 6.45) is 0. The zero-order valence-corrected chi connectivity index (χ0v) is 11.5. The van der Waals surface area contributed by atoms with Gasteiger partial charge in [0.1, 0.15) is 5.82 Å². The fourth-order valence-electron chi connectivity index (χ4n) is 1.81. The van der Waals surface area contributed by atoms with Crippen molar-refractivity contribution in [1.82, 2.24) is 4.90 Å². The molecule has 1 N–H and O–H groups in total. The fourth-order valence-corrected chi connectivity index (χ4v) is 1.81. The Morgan fingerprint density at radius 1 is 1.45 bits per heavy atom. The number of aliphatic hydroxyl groups excluding tert-OH is 1. The van der Waals surface area contributed by atoms with E-state index in [4.69, 9.17) is 5.11 Å². The molecule has 0 saturated carbocycles. The van der Waals surface area contributed by atoms with E-state index in [0.29, 0.717) is 0 Å². The number of methoxy groups -OCH3 is 1. The molecule has 6 heteroatoms. The van der Waals surface area contributed by atoms with Gasteiger partial charge in [-0.2, -0.15) is 0 Å². The number of aliphatic hydroxyl groups is 1. The summed E-state index contributed by atoms with van der Waals surface area (Å²) in [5, 5.41) is 9.01. The summed E-state index contributed by atoms with van der Waals surface area (Å²) in [4.78, 5) is 24.9. The van der Waals surface area contributed by atoms with Crippen molar-refractivity contribution in [3.63, 3.8) is 0 Å². The fraction of sp³-hybridized carbons (Fsp3) is 0.429. The summed E-state index contributed by atoms with van der Waals surface area (Å²) < 4.78 is 17.7. The van der Waals surface area contributed by atoms with Crippen molar-refractivity contribution in [3.8, 4) is 0 Å². The molecule has 0 radical (unpaired) electrons. The first-order valence-corrected chi connectivity index (χ1v) is 6.23. The molecule has 0 spiro atoms. The number of amides is 1. The van der Waals surface area contributed by atoms with Gasteiger partial charge in [-0.15, -0.1) is 0 Å². The number of esters is 1. The van der Waals surface area contributed by atoms with Gasteiger partial charge in [-0.25, -0.2) is 4.39 Å². The van der Waals surface area contributed by atoms with Crippen LogP contribution >= 0.6 is 0 Å². The number of halogens is 1. The van der Waals surface area contributed by atoms with Crippen LogP contribution < -0.4 is 0 Å². The van der Waals surface area contributed by atoms with E-state index in [2.05, 4.69) is 4.74 Å². The quantitative estimate of drug-likeness (QED) is 0.793. The third-order valence-corrected chi connectivity index (χ3v) is 2.83. The number of rotatable bonds is 6. The van der Waals surface area contributed by atoms with Crippen molar-refractivity contribution in [2.24, 2.45) is 5.92 Å². The number of ether oxygens (including phenoxy) is 1. The molecular weight excluding hydrogens is 265 g/mol. The number of hydrogen-bond donors (Lipinski definition) is 1. The van der Waals surface area contributed by atoms with Gasteiger partial charge >= 0.3 is 5.97 Å². The van der Waals surface area contributed by atoms with Crippen LogP contribution in [0.2, 0.25) is 0 Å². The standard InChI is InChI=1S/C14H18FNO4/c1-10(14(19)20-2)9-16(6-7-17)13(18)11-4-3-5-12(15)8-11/h3-5,8,10,17H,6-7,9H2,1-2H3. The van der Waals surface area contributed by atoms with Crippen molar-refractivity contribution in [2.75, 3.05) is 26.8 Å². The van der Waals surface area contributed by atoms with E-state index in [1.807, 2.05) is 0 Å². The van der Waals surface area contributed by atoms with Crippen LogP contribution in [0.4, 0.5) is 4.39 Å². The molecule has 0 heterocycles. The topological polar surface area (TPSA) is 66.8 Å². The minimum absolute atomic E-state index is 0.0662. The zero-order chi connectivity index (χ0) is 15.1.